The number of aryl methyl sites for hydroxylation is 1. The Balaban J connectivity index is 1.85. The maximum atomic E-state index is 15.6. The molecular formula is C34H37F2N3O5. The molecule has 1 N–H and O–H groups in total. The summed E-state index contributed by atoms with van der Waals surface area (Å²) in [7, 11) is 1.33. The number of benzene rings is 3. The number of carbonyl (C=O) groups excluding carboxylic acids is 1. The second-order valence-electron chi connectivity index (χ2n) is 10.4. The molecule has 4 aromatic rings. The summed E-state index contributed by atoms with van der Waals surface area (Å²) in [6.07, 6.45) is 0.683. The van der Waals surface area contributed by atoms with E-state index in [0.29, 0.717) is 25.1 Å². The van der Waals surface area contributed by atoms with Crippen LogP contribution in [0.1, 0.15) is 48.2 Å². The van der Waals surface area contributed by atoms with Crippen LogP contribution in [0.4, 0.5) is 8.78 Å². The van der Waals surface area contributed by atoms with E-state index in [1.54, 1.807) is 39.0 Å². The molecule has 8 nitrogen and oxygen atoms in total. The summed E-state index contributed by atoms with van der Waals surface area (Å²) < 4.78 is 43.1. The zero-order valence-electron chi connectivity index (χ0n) is 25.4. The van der Waals surface area contributed by atoms with E-state index in [1.165, 1.54) is 29.9 Å². The fourth-order valence-corrected chi connectivity index (χ4v) is 5.24. The molecule has 0 saturated heterocycles. The number of rotatable bonds is 13. The summed E-state index contributed by atoms with van der Waals surface area (Å²) in [6.45, 7) is 5.47. The number of nitrogens with one attached hydrogen (secondary N) is 1. The van der Waals surface area contributed by atoms with Gasteiger partial charge in [-0.2, -0.15) is 0 Å². The predicted octanol–water partition coefficient (Wildman–Crippen LogP) is 5.30. The summed E-state index contributed by atoms with van der Waals surface area (Å²) >= 11 is 0. The van der Waals surface area contributed by atoms with E-state index in [4.69, 9.17) is 9.47 Å². The van der Waals surface area contributed by atoms with Crippen molar-refractivity contribution in [3.8, 4) is 16.9 Å². The average Bonchev–Trinajstić information content (AvgIpc) is 3.01. The van der Waals surface area contributed by atoms with Gasteiger partial charge in [-0.15, -0.1) is 0 Å². The third-order valence-corrected chi connectivity index (χ3v) is 7.63. The van der Waals surface area contributed by atoms with E-state index in [0.717, 1.165) is 10.1 Å². The zero-order valence-corrected chi connectivity index (χ0v) is 25.4. The van der Waals surface area contributed by atoms with Crippen LogP contribution in [0.2, 0.25) is 0 Å². The first-order valence-electron chi connectivity index (χ1n) is 14.5. The second-order valence-corrected chi connectivity index (χ2v) is 10.4. The highest BCUT2D eigenvalue weighted by Crippen LogP contribution is 2.29. The first kappa shape index (κ1) is 32.3. The number of esters is 1. The van der Waals surface area contributed by atoms with Crippen LogP contribution in [-0.2, 0) is 22.6 Å². The van der Waals surface area contributed by atoms with Crippen LogP contribution in [0.15, 0.2) is 76.3 Å². The number of aromatic nitrogens is 2. The van der Waals surface area contributed by atoms with Crippen molar-refractivity contribution in [3.05, 3.63) is 122 Å². The van der Waals surface area contributed by atoms with Gasteiger partial charge in [-0.05, 0) is 57.0 Å². The second kappa shape index (κ2) is 14.7. The van der Waals surface area contributed by atoms with Gasteiger partial charge in [0.15, 0.2) is 11.6 Å². The lowest BCUT2D eigenvalue weighted by molar-refractivity contribution is -0.143. The van der Waals surface area contributed by atoms with Crippen molar-refractivity contribution in [3.63, 3.8) is 0 Å². The quantitative estimate of drug-likeness (QED) is 0.164. The van der Waals surface area contributed by atoms with Crippen LogP contribution in [0, 0.1) is 25.5 Å². The van der Waals surface area contributed by atoms with Gasteiger partial charge in [-0.3, -0.25) is 18.7 Å². The van der Waals surface area contributed by atoms with E-state index in [2.05, 4.69) is 5.32 Å². The number of carbonyl (C=O) groups is 1. The lowest BCUT2D eigenvalue weighted by Gasteiger charge is -2.23. The van der Waals surface area contributed by atoms with Crippen LogP contribution >= 0.6 is 0 Å². The van der Waals surface area contributed by atoms with Gasteiger partial charge in [0.2, 0.25) is 0 Å². The number of halogens is 2. The standard InChI is InChI=1S/C34H37F2N3O5/c1-5-44-30(40)18-11-19-37-28(24-13-7-6-8-14-24)21-39-33(41)31(25-15-10-17-29(43-4)32(25)36)23(3)38(34(39)42)20-26-22(2)12-9-16-27(26)35/h6-10,12-17,28,37H,5,11,18-21H2,1-4H3/t28-/m0/s1. The van der Waals surface area contributed by atoms with E-state index in [1.807, 2.05) is 30.3 Å². The Bertz CT molecular complexity index is 1710. The molecule has 0 aliphatic carbocycles. The van der Waals surface area contributed by atoms with Gasteiger partial charge in [0, 0.05) is 23.2 Å². The molecule has 0 fully saturated rings. The number of ether oxygens (including phenoxy) is 2. The maximum Gasteiger partial charge on any atom is 0.331 e. The Morgan fingerprint density at radius 2 is 1.68 bits per heavy atom. The summed E-state index contributed by atoms with van der Waals surface area (Å²) in [6, 6.07) is 17.9. The highest BCUT2D eigenvalue weighted by molar-refractivity contribution is 5.69. The Kier molecular flexibility index (Phi) is 10.8. The van der Waals surface area contributed by atoms with Gasteiger partial charge < -0.3 is 14.8 Å². The summed E-state index contributed by atoms with van der Waals surface area (Å²) in [5.41, 5.74) is 0.533. The topological polar surface area (TPSA) is 91.6 Å². The SMILES string of the molecule is CCOC(=O)CCCN[C@@H](Cn1c(=O)c(-c2cccc(OC)c2F)c(C)n(Cc2c(C)cccc2F)c1=O)c1ccccc1. The summed E-state index contributed by atoms with van der Waals surface area (Å²) in [5.74, 6) is -1.60. The summed E-state index contributed by atoms with van der Waals surface area (Å²) in [4.78, 5) is 40.1. The predicted molar refractivity (Wildman–Crippen MR) is 165 cm³/mol. The van der Waals surface area contributed by atoms with E-state index >= 15 is 4.39 Å². The number of hydrogen-bond donors (Lipinski definition) is 1. The molecule has 1 heterocycles. The van der Waals surface area contributed by atoms with Gasteiger partial charge in [-0.1, -0.05) is 54.6 Å². The fourth-order valence-electron chi connectivity index (χ4n) is 5.24. The third-order valence-electron chi connectivity index (χ3n) is 7.63. The average molecular weight is 606 g/mol. The molecular weight excluding hydrogens is 568 g/mol. The van der Waals surface area contributed by atoms with Crippen molar-refractivity contribution in [1.29, 1.82) is 0 Å². The molecule has 3 aromatic carbocycles. The van der Waals surface area contributed by atoms with Crippen molar-refractivity contribution in [1.82, 2.24) is 14.5 Å². The van der Waals surface area contributed by atoms with E-state index in [9.17, 15) is 18.8 Å². The van der Waals surface area contributed by atoms with Crippen molar-refractivity contribution in [2.75, 3.05) is 20.3 Å². The lowest BCUT2D eigenvalue weighted by Crippen LogP contribution is -2.45. The first-order chi connectivity index (χ1) is 21.2. The van der Waals surface area contributed by atoms with Crippen LogP contribution in [0.5, 0.6) is 5.75 Å². The minimum absolute atomic E-state index is 0.0240. The molecule has 1 aromatic heterocycles. The smallest absolute Gasteiger partial charge is 0.331 e. The van der Waals surface area contributed by atoms with Crippen LogP contribution in [0.3, 0.4) is 0 Å². The Labute approximate surface area is 254 Å². The summed E-state index contributed by atoms with van der Waals surface area (Å²) in [5, 5.41) is 3.36. The van der Waals surface area contributed by atoms with Gasteiger partial charge in [0.05, 0.1) is 38.4 Å². The van der Waals surface area contributed by atoms with Crippen LogP contribution in [0.25, 0.3) is 11.1 Å². The molecule has 0 saturated carbocycles. The van der Waals surface area contributed by atoms with Crippen molar-refractivity contribution >= 4 is 5.97 Å². The molecule has 1 atom stereocenters. The minimum atomic E-state index is -0.745. The molecule has 0 aliphatic rings. The van der Waals surface area contributed by atoms with Crippen molar-refractivity contribution < 1.29 is 23.0 Å². The van der Waals surface area contributed by atoms with Gasteiger partial charge in [0.1, 0.15) is 5.82 Å². The largest absolute Gasteiger partial charge is 0.494 e. The molecule has 4 rings (SSSR count). The van der Waals surface area contributed by atoms with Crippen molar-refractivity contribution in [2.24, 2.45) is 0 Å². The number of nitrogens with zero attached hydrogens (tertiary/aromatic N) is 2. The highest BCUT2D eigenvalue weighted by Gasteiger charge is 2.25. The molecule has 0 aliphatic heterocycles. The lowest BCUT2D eigenvalue weighted by atomic mass is 10.0. The molecule has 0 amide bonds. The van der Waals surface area contributed by atoms with Gasteiger partial charge in [0.25, 0.3) is 5.56 Å². The molecule has 0 radical (unpaired) electrons. The van der Waals surface area contributed by atoms with Crippen LogP contribution in [-0.4, -0.2) is 35.4 Å². The molecule has 0 unspecified atom stereocenters. The highest BCUT2D eigenvalue weighted by atomic mass is 19.1. The fraction of sp³-hybridized carbons (Fsp3) is 0.324. The van der Waals surface area contributed by atoms with Gasteiger partial charge >= 0.3 is 11.7 Å². The van der Waals surface area contributed by atoms with Crippen LogP contribution < -0.4 is 21.3 Å². The molecule has 44 heavy (non-hydrogen) atoms. The van der Waals surface area contributed by atoms with Gasteiger partial charge in [-0.25, -0.2) is 13.6 Å². The minimum Gasteiger partial charge on any atom is -0.494 e. The number of methoxy groups -OCH3 is 1. The van der Waals surface area contributed by atoms with E-state index in [-0.39, 0.29) is 53.6 Å². The Morgan fingerprint density at radius 1 is 0.955 bits per heavy atom. The third kappa shape index (κ3) is 7.14. The first-order valence-corrected chi connectivity index (χ1v) is 14.5. The monoisotopic (exact) mass is 605 g/mol. The van der Waals surface area contributed by atoms with E-state index < -0.39 is 28.9 Å². The molecule has 0 spiro atoms. The number of hydrogen-bond acceptors (Lipinski definition) is 6. The normalized spacial score (nSPS) is 11.8. The molecule has 0 bridgehead atoms. The molecule has 232 valence electrons. The van der Waals surface area contributed by atoms with Crippen molar-refractivity contribution in [2.45, 2.75) is 52.7 Å². The Morgan fingerprint density at radius 3 is 2.36 bits per heavy atom. The maximum absolute atomic E-state index is 15.6. The molecule has 10 heteroatoms. The zero-order chi connectivity index (χ0) is 31.8. The Hall–Kier alpha value is -4.57.